The first-order valence-corrected chi connectivity index (χ1v) is 7.54. The molecule has 2 aromatic carbocycles. The minimum atomic E-state index is -0.153. The van der Waals surface area contributed by atoms with E-state index in [2.05, 4.69) is 26.7 Å². The Balaban J connectivity index is 1.66. The molecule has 4 aromatic rings. The number of aromatic nitrogens is 3. The van der Waals surface area contributed by atoms with Crippen molar-refractivity contribution in [1.29, 1.82) is 0 Å². The molecule has 1 aliphatic rings. The first-order valence-electron chi connectivity index (χ1n) is 7.54. The van der Waals surface area contributed by atoms with Gasteiger partial charge in [-0.3, -0.25) is 9.55 Å². The van der Waals surface area contributed by atoms with E-state index in [0.717, 1.165) is 33.6 Å². The summed E-state index contributed by atoms with van der Waals surface area (Å²) >= 11 is 0. The number of rotatable bonds is 2. The van der Waals surface area contributed by atoms with E-state index in [4.69, 9.17) is 4.74 Å². The fraction of sp³-hybridized carbons (Fsp3) is 0.0526. The van der Waals surface area contributed by atoms with Crippen LogP contribution in [-0.4, -0.2) is 14.5 Å². The van der Waals surface area contributed by atoms with E-state index in [-0.39, 0.29) is 6.10 Å². The summed E-state index contributed by atoms with van der Waals surface area (Å²) in [5.41, 5.74) is 4.27. The molecule has 3 heterocycles. The Kier molecular flexibility index (Phi) is 2.52. The molecule has 1 atom stereocenters. The zero-order chi connectivity index (χ0) is 15.2. The normalized spacial score (nSPS) is 15.4. The lowest BCUT2D eigenvalue weighted by atomic mass is 10.1. The average Bonchev–Trinajstić information content (AvgIpc) is 3.18. The van der Waals surface area contributed by atoms with E-state index in [1.807, 2.05) is 55.0 Å². The number of imidazole rings is 1. The van der Waals surface area contributed by atoms with Crippen LogP contribution in [0.5, 0.6) is 5.75 Å². The maximum atomic E-state index is 6.40. The second kappa shape index (κ2) is 4.68. The van der Waals surface area contributed by atoms with Gasteiger partial charge in [-0.15, -0.1) is 0 Å². The van der Waals surface area contributed by atoms with Crippen LogP contribution in [0.15, 0.2) is 73.3 Å². The predicted molar refractivity (Wildman–Crippen MR) is 87.8 cm³/mol. The Morgan fingerprint density at radius 2 is 1.91 bits per heavy atom. The van der Waals surface area contributed by atoms with E-state index in [0.29, 0.717) is 0 Å². The fourth-order valence-corrected chi connectivity index (χ4v) is 3.22. The molecule has 0 saturated carbocycles. The zero-order valence-electron chi connectivity index (χ0n) is 12.3. The van der Waals surface area contributed by atoms with Crippen molar-refractivity contribution in [3.63, 3.8) is 0 Å². The smallest absolute Gasteiger partial charge is 0.168 e. The van der Waals surface area contributed by atoms with Crippen LogP contribution in [0.1, 0.15) is 17.4 Å². The van der Waals surface area contributed by atoms with Crippen LogP contribution >= 0.6 is 0 Å². The van der Waals surface area contributed by atoms with Crippen LogP contribution in [0.3, 0.4) is 0 Å². The Labute approximate surface area is 133 Å². The van der Waals surface area contributed by atoms with E-state index < -0.39 is 0 Å². The van der Waals surface area contributed by atoms with Crippen molar-refractivity contribution in [3.05, 3.63) is 84.6 Å². The molecule has 0 radical (unpaired) electrons. The maximum absolute atomic E-state index is 6.40. The third kappa shape index (κ3) is 1.78. The van der Waals surface area contributed by atoms with Crippen LogP contribution in [0.25, 0.3) is 16.6 Å². The molecule has 110 valence electrons. The highest BCUT2D eigenvalue weighted by molar-refractivity contribution is 5.84. The first kappa shape index (κ1) is 12.4. The highest BCUT2D eigenvalue weighted by Crippen LogP contribution is 2.40. The van der Waals surface area contributed by atoms with E-state index in [1.54, 1.807) is 6.20 Å². The molecule has 5 rings (SSSR count). The van der Waals surface area contributed by atoms with Gasteiger partial charge in [0.25, 0.3) is 0 Å². The summed E-state index contributed by atoms with van der Waals surface area (Å²) in [6.45, 7) is 0. The minimum absolute atomic E-state index is 0.153. The van der Waals surface area contributed by atoms with Crippen LogP contribution in [-0.2, 0) is 0 Å². The van der Waals surface area contributed by atoms with Gasteiger partial charge in [-0.2, -0.15) is 0 Å². The highest BCUT2D eigenvalue weighted by Gasteiger charge is 2.30. The van der Waals surface area contributed by atoms with Crippen molar-refractivity contribution in [2.24, 2.45) is 0 Å². The Bertz CT molecular complexity index is 1020. The van der Waals surface area contributed by atoms with Gasteiger partial charge in [-0.25, -0.2) is 4.98 Å². The predicted octanol–water partition coefficient (Wildman–Crippen LogP) is 3.90. The summed E-state index contributed by atoms with van der Waals surface area (Å²) in [5.74, 6) is 0.838. The molecule has 2 aromatic heterocycles. The number of hydrogen-bond donors (Lipinski definition) is 0. The monoisotopic (exact) mass is 299 g/mol. The Morgan fingerprint density at radius 1 is 0.957 bits per heavy atom. The Hall–Kier alpha value is -3.14. The van der Waals surface area contributed by atoms with Crippen LogP contribution in [0.4, 0.5) is 0 Å². The number of benzene rings is 2. The highest BCUT2D eigenvalue weighted by atomic mass is 16.5. The molecular weight excluding hydrogens is 286 g/mol. The van der Waals surface area contributed by atoms with E-state index >= 15 is 0 Å². The van der Waals surface area contributed by atoms with Gasteiger partial charge in [0.1, 0.15) is 5.75 Å². The number of pyridine rings is 1. The molecule has 0 amide bonds. The largest absolute Gasteiger partial charge is 0.479 e. The molecule has 0 aliphatic carbocycles. The molecule has 0 fully saturated rings. The first-order chi connectivity index (χ1) is 11.4. The topological polar surface area (TPSA) is 39.9 Å². The quantitative estimate of drug-likeness (QED) is 0.563. The molecule has 0 spiro atoms. The van der Waals surface area contributed by atoms with E-state index in [1.165, 1.54) is 0 Å². The second-order valence-electron chi connectivity index (χ2n) is 5.57. The summed E-state index contributed by atoms with van der Waals surface area (Å²) in [7, 11) is 0. The standard InChI is InChI=1S/C19H13N3O/c1-2-8-16-14(5-1)19(17-11-20-12-22(16)17)23-18-9-3-7-15-13(18)6-4-10-21-15/h1-12,19H. The van der Waals surface area contributed by atoms with Gasteiger partial charge in [-0.05, 0) is 30.3 Å². The second-order valence-corrected chi connectivity index (χ2v) is 5.57. The van der Waals surface area contributed by atoms with Gasteiger partial charge < -0.3 is 4.74 Å². The summed E-state index contributed by atoms with van der Waals surface area (Å²) in [6.07, 6.45) is 5.35. The summed E-state index contributed by atoms with van der Waals surface area (Å²) in [6, 6.07) is 18.2. The molecule has 0 bridgehead atoms. The molecule has 23 heavy (non-hydrogen) atoms. The van der Waals surface area contributed by atoms with Gasteiger partial charge in [0.15, 0.2) is 6.10 Å². The van der Waals surface area contributed by atoms with Crippen molar-refractivity contribution < 1.29 is 4.74 Å². The van der Waals surface area contributed by atoms with E-state index in [9.17, 15) is 0 Å². The lowest BCUT2D eigenvalue weighted by molar-refractivity contribution is 0.251. The van der Waals surface area contributed by atoms with Crippen molar-refractivity contribution in [2.75, 3.05) is 0 Å². The number of para-hydroxylation sites is 1. The third-order valence-electron chi connectivity index (χ3n) is 4.27. The molecular formula is C19H13N3O. The molecule has 4 heteroatoms. The third-order valence-corrected chi connectivity index (χ3v) is 4.27. The SMILES string of the molecule is c1ccc2c(c1)C(Oc1cccc3ncccc13)c1cncn1-2. The van der Waals surface area contributed by atoms with Crippen molar-refractivity contribution in [3.8, 4) is 11.4 Å². The van der Waals surface area contributed by atoms with Crippen molar-refractivity contribution in [1.82, 2.24) is 14.5 Å². The van der Waals surface area contributed by atoms with Crippen molar-refractivity contribution in [2.45, 2.75) is 6.10 Å². The fourth-order valence-electron chi connectivity index (χ4n) is 3.22. The van der Waals surface area contributed by atoms with Crippen LogP contribution < -0.4 is 4.74 Å². The molecule has 1 aliphatic heterocycles. The number of fused-ring (bicyclic) bond motifs is 4. The molecule has 1 unspecified atom stereocenters. The molecule has 0 N–H and O–H groups in total. The maximum Gasteiger partial charge on any atom is 0.168 e. The van der Waals surface area contributed by atoms with Crippen LogP contribution in [0, 0.1) is 0 Å². The number of nitrogens with zero attached hydrogens (tertiary/aromatic N) is 3. The lowest BCUT2D eigenvalue weighted by Gasteiger charge is -2.16. The summed E-state index contributed by atoms with van der Waals surface area (Å²) in [4.78, 5) is 8.66. The number of ether oxygens (including phenoxy) is 1. The van der Waals surface area contributed by atoms with Gasteiger partial charge in [0.2, 0.25) is 0 Å². The van der Waals surface area contributed by atoms with Gasteiger partial charge >= 0.3 is 0 Å². The minimum Gasteiger partial charge on any atom is -0.479 e. The Morgan fingerprint density at radius 3 is 2.91 bits per heavy atom. The van der Waals surface area contributed by atoms with Crippen molar-refractivity contribution >= 4 is 10.9 Å². The van der Waals surface area contributed by atoms with Gasteiger partial charge in [0, 0.05) is 17.1 Å². The lowest BCUT2D eigenvalue weighted by Crippen LogP contribution is -2.06. The number of hydrogen-bond acceptors (Lipinski definition) is 3. The van der Waals surface area contributed by atoms with Gasteiger partial charge in [-0.1, -0.05) is 24.3 Å². The molecule has 4 nitrogen and oxygen atoms in total. The van der Waals surface area contributed by atoms with Gasteiger partial charge in [0.05, 0.1) is 29.4 Å². The zero-order valence-corrected chi connectivity index (χ0v) is 12.3. The summed E-state index contributed by atoms with van der Waals surface area (Å²) < 4.78 is 8.49. The summed E-state index contributed by atoms with van der Waals surface area (Å²) in [5, 5.41) is 1.02. The molecule has 0 saturated heterocycles. The average molecular weight is 299 g/mol. The van der Waals surface area contributed by atoms with Crippen LogP contribution in [0.2, 0.25) is 0 Å².